The molecule has 1 unspecified atom stereocenters. The van der Waals surface area contributed by atoms with Gasteiger partial charge in [-0.2, -0.15) is 0 Å². The summed E-state index contributed by atoms with van der Waals surface area (Å²) in [5.74, 6) is 5.02. The second-order valence-corrected chi connectivity index (χ2v) is 15.3. The van der Waals surface area contributed by atoms with Crippen molar-refractivity contribution in [3.05, 3.63) is 87.6 Å². The average molecular weight is 771 g/mol. The highest BCUT2D eigenvalue weighted by molar-refractivity contribution is 6.23. The molecule has 3 saturated heterocycles. The van der Waals surface area contributed by atoms with Gasteiger partial charge in [0.05, 0.1) is 42.7 Å². The maximum Gasteiger partial charge on any atom is 0.262 e. The molecule has 0 aliphatic carbocycles. The van der Waals surface area contributed by atoms with Crippen LogP contribution in [0.15, 0.2) is 59.8 Å². The Labute approximate surface area is 328 Å². The van der Waals surface area contributed by atoms with Gasteiger partial charge in [-0.15, -0.1) is 0 Å². The van der Waals surface area contributed by atoms with E-state index >= 15 is 0 Å². The van der Waals surface area contributed by atoms with Gasteiger partial charge in [0, 0.05) is 62.8 Å². The Balaban J connectivity index is 0.883. The zero-order valence-electron chi connectivity index (χ0n) is 32.1. The number of ether oxygens (including phenoxy) is 2. The van der Waals surface area contributed by atoms with Crippen LogP contribution in [0.3, 0.4) is 0 Å². The maximum atomic E-state index is 13.3. The van der Waals surface area contributed by atoms with E-state index in [0.29, 0.717) is 42.1 Å². The van der Waals surface area contributed by atoms with Crippen LogP contribution in [0.1, 0.15) is 70.4 Å². The Hall–Kier alpha value is -6.33. The molecule has 1 N–H and O–H groups in total. The molecule has 1 spiro atoms. The van der Waals surface area contributed by atoms with Crippen molar-refractivity contribution in [1.29, 1.82) is 0 Å². The van der Waals surface area contributed by atoms with Crippen molar-refractivity contribution in [3.63, 3.8) is 0 Å². The second kappa shape index (κ2) is 15.0. The summed E-state index contributed by atoms with van der Waals surface area (Å²) in [6.45, 7) is 3.70. The van der Waals surface area contributed by atoms with Crippen LogP contribution in [0.25, 0.3) is 21.9 Å². The van der Waals surface area contributed by atoms with Crippen LogP contribution in [-0.2, 0) is 28.0 Å². The number of likely N-dealkylation sites (tertiary alicyclic amines) is 2. The molecule has 8 rings (SSSR count). The number of fused-ring (bicyclic) bond motifs is 2. The first-order valence-corrected chi connectivity index (χ1v) is 19.0. The molecular weight excluding hydrogens is 729 g/mol. The number of imide groups is 2. The predicted octanol–water partition coefficient (Wildman–Crippen LogP) is 3.28. The highest BCUT2D eigenvalue weighted by Gasteiger charge is 2.45. The summed E-state index contributed by atoms with van der Waals surface area (Å²) < 4.78 is 13.4. The van der Waals surface area contributed by atoms with Gasteiger partial charge in [0.1, 0.15) is 17.5 Å². The smallest absolute Gasteiger partial charge is 0.262 e. The van der Waals surface area contributed by atoms with Gasteiger partial charge in [0.2, 0.25) is 17.7 Å². The van der Waals surface area contributed by atoms with E-state index in [2.05, 4.69) is 27.0 Å². The summed E-state index contributed by atoms with van der Waals surface area (Å²) in [6.07, 6.45) is 8.07. The number of aryl methyl sites for hydroxylation is 1. The van der Waals surface area contributed by atoms with Gasteiger partial charge in [-0.25, -0.2) is 0 Å². The normalized spacial score (nSPS) is 19.1. The first-order chi connectivity index (χ1) is 27.5. The summed E-state index contributed by atoms with van der Waals surface area (Å²) in [5.41, 5.74) is 3.44. The largest absolute Gasteiger partial charge is 0.496 e. The molecule has 0 bridgehead atoms. The first kappa shape index (κ1) is 37.6. The van der Waals surface area contributed by atoms with Crippen LogP contribution in [0.5, 0.6) is 11.5 Å². The minimum absolute atomic E-state index is 0.0239. The number of nitrogens with zero attached hydrogens (tertiary/aromatic N) is 5. The number of hydrogen-bond donors (Lipinski definition) is 1. The molecule has 5 amide bonds. The number of hydrogen-bond acceptors (Lipinski definition) is 10. The number of carbonyl (C=O) groups excluding carboxylic acids is 5. The molecule has 2 aromatic carbocycles. The van der Waals surface area contributed by atoms with Gasteiger partial charge in [0.15, 0.2) is 0 Å². The Morgan fingerprint density at radius 2 is 1.63 bits per heavy atom. The molecule has 2 aromatic heterocycles. The molecule has 1 atom stereocenters. The zero-order valence-corrected chi connectivity index (χ0v) is 32.1. The van der Waals surface area contributed by atoms with Crippen LogP contribution in [0.2, 0.25) is 0 Å². The third-order valence-corrected chi connectivity index (χ3v) is 11.9. The topological polar surface area (TPSA) is 160 Å². The van der Waals surface area contributed by atoms with E-state index < -0.39 is 29.7 Å². The summed E-state index contributed by atoms with van der Waals surface area (Å²) >= 11 is 0. The van der Waals surface area contributed by atoms with Crippen molar-refractivity contribution in [3.8, 4) is 34.5 Å². The number of nitrogens with one attached hydrogen (secondary N) is 1. The van der Waals surface area contributed by atoms with Crippen molar-refractivity contribution in [2.45, 2.75) is 51.1 Å². The lowest BCUT2D eigenvalue weighted by atomic mass is 9.77. The monoisotopic (exact) mass is 770 g/mol. The highest BCUT2D eigenvalue weighted by atomic mass is 16.5. The zero-order chi connectivity index (χ0) is 40.0. The van der Waals surface area contributed by atoms with Gasteiger partial charge in [-0.1, -0.05) is 11.8 Å². The fourth-order valence-electron chi connectivity index (χ4n) is 8.68. The van der Waals surface area contributed by atoms with Crippen LogP contribution >= 0.6 is 0 Å². The van der Waals surface area contributed by atoms with E-state index in [1.807, 2.05) is 29.3 Å². The summed E-state index contributed by atoms with van der Waals surface area (Å²) in [5, 5.41) is 3.54. The molecule has 3 fully saturated rings. The van der Waals surface area contributed by atoms with Crippen molar-refractivity contribution in [1.82, 2.24) is 29.6 Å². The fourth-order valence-corrected chi connectivity index (χ4v) is 8.68. The van der Waals surface area contributed by atoms with E-state index in [4.69, 9.17) is 9.47 Å². The molecule has 4 aliphatic heterocycles. The summed E-state index contributed by atoms with van der Waals surface area (Å²) in [7, 11) is 5.03. The molecule has 14 heteroatoms. The molecule has 292 valence electrons. The molecular formula is C43H42N6O8. The minimum atomic E-state index is -1.04. The van der Waals surface area contributed by atoms with E-state index in [0.717, 1.165) is 59.3 Å². The van der Waals surface area contributed by atoms with Gasteiger partial charge in [-0.05, 0) is 91.5 Å². The third kappa shape index (κ3) is 6.92. The van der Waals surface area contributed by atoms with Crippen LogP contribution in [0, 0.1) is 17.3 Å². The lowest BCUT2D eigenvalue weighted by Crippen LogP contribution is -2.54. The number of carbonyl (C=O) groups is 5. The van der Waals surface area contributed by atoms with Crippen molar-refractivity contribution in [2.24, 2.45) is 12.5 Å². The molecule has 0 radical (unpaired) electrons. The second-order valence-electron chi connectivity index (χ2n) is 15.3. The minimum Gasteiger partial charge on any atom is -0.496 e. The highest BCUT2D eigenvalue weighted by Crippen LogP contribution is 2.43. The summed E-state index contributed by atoms with van der Waals surface area (Å²) in [6, 6.07) is 9.46. The van der Waals surface area contributed by atoms with Gasteiger partial charge >= 0.3 is 0 Å². The number of rotatable bonds is 7. The third-order valence-electron chi connectivity index (χ3n) is 11.9. The standard InChI is InChI=1S/C43H42N6O8/c1-46-23-32(28-11-15-44-22-31(28)40(46)53)27-20-35(56-2)33(36(21-27)57-3)24-47-16-12-43(13-17-47)14-18-48(25-43)38(51)6-4-5-26-7-8-29-30(19-26)42(55)49(41(29)54)34-9-10-37(50)45-39(34)52/h7-8,11,15,19-23,34H,6,9-10,12-14,16-18,24-25H2,1-3H3,(H,45,50,52). The predicted molar refractivity (Wildman–Crippen MR) is 208 cm³/mol. The number of methoxy groups -OCH3 is 2. The van der Waals surface area contributed by atoms with E-state index in [1.165, 1.54) is 12.1 Å². The molecule has 0 saturated carbocycles. The number of aromatic nitrogens is 2. The lowest BCUT2D eigenvalue weighted by Gasteiger charge is -2.39. The van der Waals surface area contributed by atoms with Crippen LogP contribution < -0.4 is 20.3 Å². The van der Waals surface area contributed by atoms with Crippen LogP contribution in [0.4, 0.5) is 0 Å². The lowest BCUT2D eigenvalue weighted by molar-refractivity contribution is -0.136. The number of piperidine rings is 2. The Kier molecular flexibility index (Phi) is 9.87. The first-order valence-electron chi connectivity index (χ1n) is 19.0. The number of amides is 5. The fraction of sp³-hybridized carbons (Fsp3) is 0.372. The maximum absolute atomic E-state index is 13.3. The number of benzene rings is 2. The molecule has 14 nitrogen and oxygen atoms in total. The Bertz CT molecular complexity index is 2470. The average Bonchev–Trinajstić information content (AvgIpc) is 3.74. The number of pyridine rings is 2. The van der Waals surface area contributed by atoms with E-state index in [-0.39, 0.29) is 47.3 Å². The van der Waals surface area contributed by atoms with Gasteiger partial charge in [0.25, 0.3) is 17.4 Å². The van der Waals surface area contributed by atoms with Gasteiger partial charge < -0.3 is 18.9 Å². The Morgan fingerprint density at radius 1 is 0.912 bits per heavy atom. The van der Waals surface area contributed by atoms with Crippen LogP contribution in [-0.4, -0.2) is 100 Å². The van der Waals surface area contributed by atoms with Gasteiger partial charge in [-0.3, -0.25) is 48.9 Å². The van der Waals surface area contributed by atoms with Crippen molar-refractivity contribution < 1.29 is 33.4 Å². The quantitative estimate of drug-likeness (QED) is 0.218. The van der Waals surface area contributed by atoms with E-state index in [1.54, 1.807) is 44.3 Å². The Morgan fingerprint density at radius 3 is 2.35 bits per heavy atom. The molecule has 6 heterocycles. The van der Waals surface area contributed by atoms with E-state index in [9.17, 15) is 28.8 Å². The molecule has 57 heavy (non-hydrogen) atoms. The van der Waals surface area contributed by atoms with Crippen molar-refractivity contribution >= 4 is 40.3 Å². The van der Waals surface area contributed by atoms with Crippen molar-refractivity contribution in [2.75, 3.05) is 40.4 Å². The summed E-state index contributed by atoms with van der Waals surface area (Å²) in [4.78, 5) is 85.6. The molecule has 4 aromatic rings. The molecule has 4 aliphatic rings. The SMILES string of the molecule is COc1cc(-c2cn(C)c(=O)c3cnccc23)cc(OC)c1CN1CCC2(CC1)CCN(C(=O)CC#Cc1ccc3c(c1)C(=O)N(C1CCC(=O)NC1=O)C3=O)C2.